The molecule has 0 saturated carbocycles. The van der Waals surface area contributed by atoms with E-state index in [4.69, 9.17) is 11.6 Å². The molecule has 1 heterocycles. The number of hydrogen-bond acceptors (Lipinski definition) is 6. The summed E-state index contributed by atoms with van der Waals surface area (Å²) in [5.41, 5.74) is 0.752. The van der Waals surface area contributed by atoms with Gasteiger partial charge in [0.2, 0.25) is 0 Å². The average molecular weight is 492 g/mol. The molecule has 0 aliphatic carbocycles. The van der Waals surface area contributed by atoms with Gasteiger partial charge in [0, 0.05) is 12.1 Å². The normalized spacial score (nSPS) is 11.7. The Morgan fingerprint density at radius 3 is 2.29 bits per heavy atom. The number of hydrogen-bond donors (Lipinski definition) is 2. The first-order valence-corrected chi connectivity index (χ1v) is 11.1. The van der Waals surface area contributed by atoms with Crippen molar-refractivity contribution in [3.63, 3.8) is 0 Å². The van der Waals surface area contributed by atoms with Crippen LogP contribution in [0.15, 0.2) is 59.6 Å². The summed E-state index contributed by atoms with van der Waals surface area (Å²) in [6.45, 7) is 0.0531. The van der Waals surface area contributed by atoms with Crippen LogP contribution < -0.4 is 14.8 Å². The molecule has 0 atom stereocenters. The van der Waals surface area contributed by atoms with Crippen LogP contribution >= 0.6 is 22.9 Å². The van der Waals surface area contributed by atoms with Gasteiger partial charge in [-0.3, -0.25) is 9.52 Å². The van der Waals surface area contributed by atoms with Crippen molar-refractivity contribution in [2.24, 2.45) is 0 Å². The Morgan fingerprint density at radius 2 is 1.74 bits per heavy atom. The summed E-state index contributed by atoms with van der Waals surface area (Å²) < 4.78 is 67.6. The first-order valence-electron chi connectivity index (χ1n) is 8.39. The Balaban J connectivity index is 1.59. The number of sulfonamides is 1. The number of nitrogens with zero attached hydrogens (tertiary/aromatic N) is 1. The fraction of sp³-hybridized carbons (Fsp3) is 0.111. The number of benzene rings is 2. The van der Waals surface area contributed by atoms with Crippen molar-refractivity contribution in [1.29, 1.82) is 0 Å². The Hall–Kier alpha value is -2.83. The molecule has 3 rings (SSSR count). The summed E-state index contributed by atoms with van der Waals surface area (Å²) in [7, 11) is -3.90. The van der Waals surface area contributed by atoms with Gasteiger partial charge in [-0.05, 0) is 42.0 Å². The highest BCUT2D eigenvalue weighted by atomic mass is 35.5. The molecule has 2 N–H and O–H groups in total. The molecule has 0 spiro atoms. The molecule has 13 heteroatoms. The number of ether oxygens (including phenoxy) is 1. The van der Waals surface area contributed by atoms with Crippen LogP contribution in [0.5, 0.6) is 5.75 Å². The maximum absolute atomic E-state index is 12.3. The molecule has 0 fully saturated rings. The third kappa shape index (κ3) is 6.57. The van der Waals surface area contributed by atoms with Gasteiger partial charge in [-0.1, -0.05) is 35.1 Å². The van der Waals surface area contributed by atoms with E-state index in [-0.39, 0.29) is 27.9 Å². The van der Waals surface area contributed by atoms with E-state index in [9.17, 15) is 26.4 Å². The molecule has 0 unspecified atom stereocenters. The van der Waals surface area contributed by atoms with E-state index in [0.717, 1.165) is 23.5 Å². The fourth-order valence-electron chi connectivity index (χ4n) is 2.35. The van der Waals surface area contributed by atoms with E-state index in [0.29, 0.717) is 9.90 Å². The van der Waals surface area contributed by atoms with E-state index in [1.54, 1.807) is 0 Å². The highest BCUT2D eigenvalue weighted by Gasteiger charge is 2.30. The standard InChI is InChI=1S/C18H13ClF3N3O4S2/c19-15-10-24-17(30-15)25-31(27,28)14-7-3-12(4-8-14)16(26)23-9-11-1-5-13(6-2-11)29-18(20,21)22/h1-8,10H,9H2,(H,23,26)(H,24,25). The van der Waals surface area contributed by atoms with Crippen LogP contribution in [0.25, 0.3) is 0 Å². The van der Waals surface area contributed by atoms with Crippen LogP contribution in [0.3, 0.4) is 0 Å². The van der Waals surface area contributed by atoms with Crippen molar-refractivity contribution in [2.75, 3.05) is 4.72 Å². The third-order valence-corrected chi connectivity index (χ3v) is 6.25. The highest BCUT2D eigenvalue weighted by molar-refractivity contribution is 7.93. The zero-order valence-corrected chi connectivity index (χ0v) is 17.7. The van der Waals surface area contributed by atoms with Gasteiger partial charge in [0.05, 0.1) is 11.1 Å². The molecule has 0 saturated heterocycles. The van der Waals surface area contributed by atoms with Gasteiger partial charge >= 0.3 is 6.36 Å². The molecule has 164 valence electrons. The summed E-state index contributed by atoms with van der Waals surface area (Å²) in [5.74, 6) is -0.854. The number of rotatable bonds is 7. The van der Waals surface area contributed by atoms with Gasteiger partial charge in [0.1, 0.15) is 10.1 Å². The van der Waals surface area contributed by atoms with Gasteiger partial charge in [-0.2, -0.15) is 0 Å². The largest absolute Gasteiger partial charge is 0.573 e. The van der Waals surface area contributed by atoms with Gasteiger partial charge in [-0.25, -0.2) is 13.4 Å². The lowest BCUT2D eigenvalue weighted by Crippen LogP contribution is -2.23. The summed E-state index contributed by atoms with van der Waals surface area (Å²) >= 11 is 6.69. The SMILES string of the molecule is O=C(NCc1ccc(OC(F)(F)F)cc1)c1ccc(S(=O)(=O)Nc2ncc(Cl)s2)cc1. The van der Waals surface area contributed by atoms with Crippen LogP contribution in [0.2, 0.25) is 4.34 Å². The minimum absolute atomic E-state index is 0.0531. The lowest BCUT2D eigenvalue weighted by atomic mass is 10.2. The molecule has 1 aromatic heterocycles. The smallest absolute Gasteiger partial charge is 0.406 e. The topological polar surface area (TPSA) is 97.4 Å². The number of thiazole rings is 1. The monoisotopic (exact) mass is 491 g/mol. The van der Waals surface area contributed by atoms with Crippen molar-refractivity contribution in [3.8, 4) is 5.75 Å². The lowest BCUT2D eigenvalue weighted by molar-refractivity contribution is -0.274. The van der Waals surface area contributed by atoms with Crippen LogP contribution in [0.4, 0.5) is 18.3 Å². The number of carbonyl (C=O) groups excluding carboxylic acids is 1. The van der Waals surface area contributed by atoms with Crippen LogP contribution in [-0.2, 0) is 16.6 Å². The fourth-order valence-corrected chi connectivity index (χ4v) is 4.41. The van der Waals surface area contributed by atoms with Crippen LogP contribution in [0.1, 0.15) is 15.9 Å². The summed E-state index contributed by atoms with van der Waals surface area (Å²) in [5, 5.41) is 2.70. The molecule has 0 aliphatic rings. The van der Waals surface area contributed by atoms with E-state index in [2.05, 4.69) is 19.8 Å². The van der Waals surface area contributed by atoms with Crippen molar-refractivity contribution < 1.29 is 31.1 Å². The Morgan fingerprint density at radius 1 is 1.10 bits per heavy atom. The molecule has 0 radical (unpaired) electrons. The minimum atomic E-state index is -4.78. The number of carbonyl (C=O) groups is 1. The Labute approximate surface area is 183 Å². The maximum atomic E-state index is 12.3. The second kappa shape index (κ2) is 9.12. The molecule has 31 heavy (non-hydrogen) atoms. The number of alkyl halides is 3. The predicted octanol–water partition coefficient (Wildman–Crippen LogP) is 4.43. The molecule has 1 amide bonds. The Bertz CT molecular complexity index is 1170. The van der Waals surface area contributed by atoms with Gasteiger partial charge in [0.25, 0.3) is 15.9 Å². The Kier molecular flexibility index (Phi) is 6.72. The average Bonchev–Trinajstić information content (AvgIpc) is 3.10. The number of amides is 1. The highest BCUT2D eigenvalue weighted by Crippen LogP contribution is 2.25. The summed E-state index contributed by atoms with van der Waals surface area (Å²) in [6.07, 6.45) is -3.47. The number of anilines is 1. The molecular weight excluding hydrogens is 479 g/mol. The zero-order chi connectivity index (χ0) is 22.6. The van der Waals surface area contributed by atoms with E-state index < -0.39 is 22.3 Å². The van der Waals surface area contributed by atoms with Crippen LogP contribution in [0, 0.1) is 0 Å². The number of aromatic nitrogens is 1. The first-order chi connectivity index (χ1) is 14.5. The predicted molar refractivity (Wildman–Crippen MR) is 109 cm³/mol. The lowest BCUT2D eigenvalue weighted by Gasteiger charge is -2.10. The van der Waals surface area contributed by atoms with Crippen molar-refractivity contribution in [2.45, 2.75) is 17.8 Å². The van der Waals surface area contributed by atoms with E-state index in [1.807, 2.05) is 0 Å². The molecule has 0 bridgehead atoms. The molecule has 3 aromatic rings. The second-order valence-corrected chi connectivity index (χ2v) is 9.32. The maximum Gasteiger partial charge on any atom is 0.573 e. The molecular formula is C18H13ClF3N3O4S2. The summed E-state index contributed by atoms with van der Waals surface area (Å²) in [4.78, 5) is 16.0. The quantitative estimate of drug-likeness (QED) is 0.509. The van der Waals surface area contributed by atoms with Crippen molar-refractivity contribution in [1.82, 2.24) is 10.3 Å². The van der Waals surface area contributed by atoms with Crippen LogP contribution in [-0.4, -0.2) is 25.7 Å². The third-order valence-electron chi connectivity index (χ3n) is 3.74. The zero-order valence-electron chi connectivity index (χ0n) is 15.3. The minimum Gasteiger partial charge on any atom is -0.406 e. The van der Waals surface area contributed by atoms with E-state index >= 15 is 0 Å². The molecule has 7 nitrogen and oxygen atoms in total. The first kappa shape index (κ1) is 22.8. The van der Waals surface area contributed by atoms with Crippen molar-refractivity contribution in [3.05, 3.63) is 70.2 Å². The summed E-state index contributed by atoms with van der Waals surface area (Å²) in [6, 6.07) is 10.2. The van der Waals surface area contributed by atoms with Gasteiger partial charge in [-0.15, -0.1) is 13.2 Å². The van der Waals surface area contributed by atoms with Gasteiger partial charge in [0.15, 0.2) is 5.13 Å². The van der Waals surface area contributed by atoms with Crippen molar-refractivity contribution >= 4 is 44.0 Å². The van der Waals surface area contributed by atoms with E-state index in [1.165, 1.54) is 42.6 Å². The number of halogens is 4. The molecule has 0 aliphatic heterocycles. The second-order valence-electron chi connectivity index (χ2n) is 5.97. The van der Waals surface area contributed by atoms with Gasteiger partial charge < -0.3 is 10.1 Å². The number of nitrogens with one attached hydrogen (secondary N) is 2. The molecule has 2 aromatic carbocycles.